The van der Waals surface area contributed by atoms with E-state index < -0.39 is 30.0 Å². The van der Waals surface area contributed by atoms with E-state index in [1.807, 2.05) is 0 Å². The number of aliphatic carboxylic acids is 1. The number of carbonyl (C=O) groups excluding carboxylic acids is 1. The van der Waals surface area contributed by atoms with Crippen LogP contribution >= 0.6 is 11.3 Å². The van der Waals surface area contributed by atoms with Crippen LogP contribution in [-0.2, 0) is 15.1 Å². The van der Waals surface area contributed by atoms with Crippen LogP contribution in [0.4, 0.5) is 13.2 Å². The molecule has 0 aromatic carbocycles. The molecule has 19 heavy (non-hydrogen) atoms. The van der Waals surface area contributed by atoms with Gasteiger partial charge in [-0.25, -0.2) is 4.98 Å². The molecule has 0 fully saturated rings. The smallest absolute Gasteiger partial charge is 0.471 e. The monoisotopic (exact) mass is 296 g/mol. The first-order valence-corrected chi connectivity index (χ1v) is 5.96. The highest BCUT2D eigenvalue weighted by molar-refractivity contribution is 7.09. The number of halogens is 3. The number of rotatable bonds is 4. The van der Waals surface area contributed by atoms with Gasteiger partial charge in [-0.05, 0) is 13.8 Å². The van der Waals surface area contributed by atoms with Gasteiger partial charge >= 0.3 is 18.1 Å². The molecule has 1 unspecified atom stereocenters. The predicted molar refractivity (Wildman–Crippen MR) is 60.7 cm³/mol. The molecule has 1 aromatic rings. The van der Waals surface area contributed by atoms with Gasteiger partial charge in [-0.3, -0.25) is 9.59 Å². The molecule has 0 aliphatic rings. The molecule has 0 aliphatic heterocycles. The summed E-state index contributed by atoms with van der Waals surface area (Å²) in [6, 6.07) is 0. The Morgan fingerprint density at radius 3 is 2.42 bits per heavy atom. The average Bonchev–Trinajstić information content (AvgIpc) is 2.62. The number of aryl methyl sites for hydroxylation is 1. The zero-order valence-corrected chi connectivity index (χ0v) is 10.9. The maximum absolute atomic E-state index is 12.3. The Balaban J connectivity index is 3.07. The average molecular weight is 296 g/mol. The summed E-state index contributed by atoms with van der Waals surface area (Å²) in [4.78, 5) is 25.7. The van der Waals surface area contributed by atoms with Crippen LogP contribution in [0.3, 0.4) is 0 Å². The van der Waals surface area contributed by atoms with Gasteiger partial charge in [0.15, 0.2) is 0 Å². The van der Waals surface area contributed by atoms with Crippen LogP contribution in [0.2, 0.25) is 0 Å². The van der Waals surface area contributed by atoms with Crippen LogP contribution in [-0.4, -0.2) is 28.1 Å². The van der Waals surface area contributed by atoms with Crippen molar-refractivity contribution >= 4 is 23.2 Å². The number of hydrogen-bond acceptors (Lipinski definition) is 4. The summed E-state index contributed by atoms with van der Waals surface area (Å²) in [5, 5.41) is 12.5. The number of alkyl halides is 3. The Bertz CT molecular complexity index is 500. The Kier molecular flexibility index (Phi) is 4.18. The van der Waals surface area contributed by atoms with Crippen molar-refractivity contribution in [3.8, 4) is 0 Å². The summed E-state index contributed by atoms with van der Waals surface area (Å²) in [6.45, 7) is 2.82. The Morgan fingerprint density at radius 1 is 1.47 bits per heavy atom. The molecular formula is C10H11F3N2O3S. The molecule has 1 atom stereocenters. The first-order valence-electron chi connectivity index (χ1n) is 5.08. The number of carboxylic acid groups (broad SMARTS) is 1. The first kappa shape index (κ1) is 15.4. The molecule has 1 amide bonds. The van der Waals surface area contributed by atoms with E-state index in [-0.39, 0.29) is 5.69 Å². The van der Waals surface area contributed by atoms with E-state index in [1.165, 1.54) is 12.3 Å². The maximum Gasteiger partial charge on any atom is 0.471 e. The Morgan fingerprint density at radius 2 is 2.05 bits per heavy atom. The minimum atomic E-state index is -5.08. The van der Waals surface area contributed by atoms with Crippen molar-refractivity contribution in [2.24, 2.45) is 0 Å². The van der Waals surface area contributed by atoms with Gasteiger partial charge in [-0.1, -0.05) is 0 Å². The van der Waals surface area contributed by atoms with E-state index in [0.717, 1.165) is 11.3 Å². The van der Waals surface area contributed by atoms with Gasteiger partial charge in [0.1, 0.15) is 0 Å². The highest BCUT2D eigenvalue weighted by Gasteiger charge is 2.44. The largest absolute Gasteiger partial charge is 0.481 e. The first-order chi connectivity index (χ1) is 8.54. The third kappa shape index (κ3) is 3.91. The number of thiazole rings is 1. The van der Waals surface area contributed by atoms with Crippen LogP contribution in [0.1, 0.15) is 24.0 Å². The molecule has 1 rings (SSSR count). The minimum Gasteiger partial charge on any atom is -0.481 e. The van der Waals surface area contributed by atoms with Crippen molar-refractivity contribution in [2.75, 3.05) is 0 Å². The molecule has 1 aromatic heterocycles. The number of carbonyl (C=O) groups is 2. The quantitative estimate of drug-likeness (QED) is 0.888. The van der Waals surface area contributed by atoms with E-state index in [4.69, 9.17) is 5.11 Å². The van der Waals surface area contributed by atoms with Gasteiger partial charge in [-0.15, -0.1) is 11.3 Å². The molecule has 0 spiro atoms. The molecule has 2 N–H and O–H groups in total. The second-order valence-electron chi connectivity index (χ2n) is 4.11. The van der Waals surface area contributed by atoms with Gasteiger partial charge in [0.05, 0.1) is 22.7 Å². The minimum absolute atomic E-state index is 0.0926. The second kappa shape index (κ2) is 5.16. The topological polar surface area (TPSA) is 79.3 Å². The van der Waals surface area contributed by atoms with E-state index >= 15 is 0 Å². The fourth-order valence-corrected chi connectivity index (χ4v) is 2.19. The number of nitrogens with one attached hydrogen (secondary N) is 1. The number of aromatic nitrogens is 1. The third-order valence-corrected chi connectivity index (χ3v) is 3.11. The normalized spacial score (nSPS) is 14.8. The van der Waals surface area contributed by atoms with Crippen molar-refractivity contribution in [1.82, 2.24) is 10.3 Å². The van der Waals surface area contributed by atoms with Crippen molar-refractivity contribution in [2.45, 2.75) is 32.0 Å². The zero-order valence-electron chi connectivity index (χ0n) is 10.0. The van der Waals surface area contributed by atoms with E-state index in [0.29, 0.717) is 5.01 Å². The van der Waals surface area contributed by atoms with Crippen molar-refractivity contribution < 1.29 is 27.9 Å². The third-order valence-electron chi connectivity index (χ3n) is 2.34. The fourth-order valence-electron chi connectivity index (χ4n) is 1.44. The van der Waals surface area contributed by atoms with E-state index in [1.54, 1.807) is 12.2 Å². The van der Waals surface area contributed by atoms with Crippen LogP contribution in [0, 0.1) is 6.92 Å². The second-order valence-corrected chi connectivity index (χ2v) is 5.17. The lowest BCUT2D eigenvalue weighted by molar-refractivity contribution is -0.176. The van der Waals surface area contributed by atoms with Gasteiger partial charge in [0.25, 0.3) is 0 Å². The predicted octanol–water partition coefficient (Wildman–Crippen LogP) is 1.82. The summed E-state index contributed by atoms with van der Waals surface area (Å²) >= 11 is 1.16. The molecule has 0 radical (unpaired) electrons. The number of hydrogen-bond donors (Lipinski definition) is 2. The van der Waals surface area contributed by atoms with Gasteiger partial charge in [0.2, 0.25) is 0 Å². The lowest BCUT2D eigenvalue weighted by atomic mass is 9.94. The fraction of sp³-hybridized carbons (Fsp3) is 0.500. The molecule has 1 heterocycles. The summed E-state index contributed by atoms with van der Waals surface area (Å²) in [6.07, 6.45) is -5.77. The summed E-state index contributed by atoms with van der Waals surface area (Å²) in [7, 11) is 0. The summed E-state index contributed by atoms with van der Waals surface area (Å²) < 4.78 is 36.8. The number of nitrogens with zero attached hydrogens (tertiary/aromatic N) is 1. The Labute approximate surface area is 110 Å². The van der Waals surface area contributed by atoms with Gasteiger partial charge in [0, 0.05) is 5.38 Å². The standard InChI is InChI=1S/C10H11F3N2O3S/c1-5-14-6(4-19-5)9(2,3-7(16)17)15-8(18)10(11,12)13/h4H,3H2,1-2H3,(H,15,18)(H,16,17). The molecule has 5 nitrogen and oxygen atoms in total. The number of amides is 1. The van der Waals surface area contributed by atoms with Crippen molar-refractivity contribution in [3.05, 3.63) is 16.1 Å². The van der Waals surface area contributed by atoms with Crippen LogP contribution in [0.5, 0.6) is 0 Å². The Hall–Kier alpha value is -1.64. The van der Waals surface area contributed by atoms with Gasteiger partial charge < -0.3 is 10.4 Å². The van der Waals surface area contributed by atoms with Crippen molar-refractivity contribution in [3.63, 3.8) is 0 Å². The van der Waals surface area contributed by atoms with E-state index in [9.17, 15) is 22.8 Å². The highest BCUT2D eigenvalue weighted by Crippen LogP contribution is 2.28. The molecule has 0 saturated carbocycles. The highest BCUT2D eigenvalue weighted by atomic mass is 32.1. The molecule has 106 valence electrons. The van der Waals surface area contributed by atoms with E-state index in [2.05, 4.69) is 4.98 Å². The molecular weight excluding hydrogens is 285 g/mol. The van der Waals surface area contributed by atoms with Crippen LogP contribution < -0.4 is 5.32 Å². The lowest BCUT2D eigenvalue weighted by Gasteiger charge is -2.28. The summed E-state index contributed by atoms with van der Waals surface area (Å²) in [5.41, 5.74) is -1.61. The van der Waals surface area contributed by atoms with Crippen molar-refractivity contribution in [1.29, 1.82) is 0 Å². The molecule has 0 aliphatic carbocycles. The molecule has 0 bridgehead atoms. The summed E-state index contributed by atoms with van der Waals surface area (Å²) in [5.74, 6) is -3.53. The van der Waals surface area contributed by atoms with Gasteiger partial charge in [-0.2, -0.15) is 13.2 Å². The van der Waals surface area contributed by atoms with Crippen LogP contribution in [0.25, 0.3) is 0 Å². The maximum atomic E-state index is 12.3. The molecule has 9 heteroatoms. The van der Waals surface area contributed by atoms with Crippen LogP contribution in [0.15, 0.2) is 5.38 Å². The molecule has 0 saturated heterocycles. The number of carboxylic acids is 1. The zero-order chi connectivity index (χ0) is 14.8. The lowest BCUT2D eigenvalue weighted by Crippen LogP contribution is -2.50. The SMILES string of the molecule is Cc1nc(C(C)(CC(=O)O)NC(=O)C(F)(F)F)cs1.